The van der Waals surface area contributed by atoms with E-state index in [1.54, 1.807) is 0 Å². The Balaban J connectivity index is 0.967. The number of allylic oxidation sites excluding steroid dienone is 8. The van der Waals surface area contributed by atoms with Crippen molar-refractivity contribution < 1.29 is 0 Å². The van der Waals surface area contributed by atoms with E-state index in [4.69, 9.17) is 0 Å². The number of anilines is 6. The highest BCUT2D eigenvalue weighted by molar-refractivity contribution is 5.84. The average molecular weight is 721 g/mol. The molecule has 0 heterocycles. The lowest BCUT2D eigenvalue weighted by molar-refractivity contribution is 1.05. The van der Waals surface area contributed by atoms with Crippen molar-refractivity contribution in [3.63, 3.8) is 0 Å². The van der Waals surface area contributed by atoms with Crippen LogP contribution in [0.2, 0.25) is 0 Å². The van der Waals surface area contributed by atoms with Crippen molar-refractivity contribution in [1.29, 1.82) is 0 Å². The summed E-state index contributed by atoms with van der Waals surface area (Å²) in [5.41, 5.74) is 17.3. The molecule has 0 saturated carbocycles. The summed E-state index contributed by atoms with van der Waals surface area (Å²) in [6.07, 6.45) is 15.5. The molecule has 7 aromatic rings. The van der Waals surface area contributed by atoms with Gasteiger partial charge in [0.15, 0.2) is 0 Å². The van der Waals surface area contributed by atoms with Crippen molar-refractivity contribution >= 4 is 50.8 Å². The quantitative estimate of drug-likeness (QED) is 0.139. The molecule has 2 heteroatoms. The molecule has 0 amide bonds. The van der Waals surface area contributed by atoms with Crippen LogP contribution >= 0.6 is 0 Å². The minimum Gasteiger partial charge on any atom is -0.311 e. The first-order chi connectivity index (χ1) is 27.8. The van der Waals surface area contributed by atoms with E-state index in [-0.39, 0.29) is 0 Å². The molecule has 0 spiro atoms. The number of nitrogens with zero attached hydrogens (tertiary/aromatic N) is 2. The molecular formula is C54H44N2. The summed E-state index contributed by atoms with van der Waals surface area (Å²) in [4.78, 5) is 4.68. The van der Waals surface area contributed by atoms with Crippen LogP contribution in [0.25, 0.3) is 27.8 Å². The van der Waals surface area contributed by atoms with Crippen LogP contribution in [0.5, 0.6) is 0 Å². The number of rotatable bonds is 10. The Bertz CT molecular complexity index is 2470. The van der Waals surface area contributed by atoms with E-state index < -0.39 is 0 Å². The molecule has 0 N–H and O–H groups in total. The first kappa shape index (κ1) is 34.8. The number of hydrogen-bond acceptors (Lipinski definition) is 2. The summed E-state index contributed by atoms with van der Waals surface area (Å²) >= 11 is 0. The first-order valence-electron chi connectivity index (χ1n) is 19.7. The molecule has 0 atom stereocenters. The van der Waals surface area contributed by atoms with Crippen LogP contribution in [0.3, 0.4) is 0 Å². The van der Waals surface area contributed by atoms with Gasteiger partial charge in [-0.25, -0.2) is 0 Å². The van der Waals surface area contributed by atoms with Crippen molar-refractivity contribution in [2.24, 2.45) is 0 Å². The van der Waals surface area contributed by atoms with Gasteiger partial charge in [-0.1, -0.05) is 146 Å². The number of benzene rings is 7. The molecule has 270 valence electrons. The monoisotopic (exact) mass is 720 g/mol. The Kier molecular flexibility index (Phi) is 10.1. The minimum absolute atomic E-state index is 1.00. The van der Waals surface area contributed by atoms with Crippen LogP contribution in [-0.4, -0.2) is 0 Å². The molecule has 2 nitrogen and oxygen atoms in total. The van der Waals surface area contributed by atoms with E-state index in [1.165, 1.54) is 44.5 Å². The SMILES string of the molecule is C1=CCCC(c2ccc(N(c3ccc(C4=CC=C(c5ccc(N(c6ccccc6)c6ccccc6)cc5)CC4)cc3)c3ccc(-c4ccccc4)cc3)cc2)=C1. The molecule has 7 aromatic carbocycles. The highest BCUT2D eigenvalue weighted by Crippen LogP contribution is 2.40. The molecule has 0 bridgehead atoms. The summed E-state index contributed by atoms with van der Waals surface area (Å²) in [5, 5.41) is 0. The standard InChI is InChI=1S/C54H44N2/c1-5-13-41(14-6-1)45-25-33-52(34-26-45)56(53-35-27-46(28-36-53)42-15-7-2-8-16-42)54-39-31-48(32-40-54)44-23-21-43(22-24-44)47-29-37-51(38-30-47)55(49-17-9-3-10-18-49)50-19-11-4-12-20-50/h1-7,9-15,17-21,23,25-40H,8,16,22,24H2. The second-order valence-electron chi connectivity index (χ2n) is 14.4. The average Bonchev–Trinajstić information content (AvgIpc) is 3.29. The molecule has 0 saturated heterocycles. The molecule has 0 unspecified atom stereocenters. The zero-order chi connectivity index (χ0) is 37.5. The summed E-state index contributed by atoms with van der Waals surface area (Å²) in [6.45, 7) is 0. The normalized spacial score (nSPS) is 13.7. The topological polar surface area (TPSA) is 6.48 Å². The molecule has 0 aromatic heterocycles. The van der Waals surface area contributed by atoms with Crippen molar-refractivity contribution in [3.8, 4) is 11.1 Å². The van der Waals surface area contributed by atoms with Gasteiger partial charge >= 0.3 is 0 Å². The Labute approximate surface area is 331 Å². The van der Waals surface area contributed by atoms with Gasteiger partial charge in [-0.3, -0.25) is 0 Å². The van der Waals surface area contributed by atoms with Crippen molar-refractivity contribution in [3.05, 3.63) is 235 Å². The largest absolute Gasteiger partial charge is 0.311 e. The fraction of sp³-hybridized carbons (Fsp3) is 0.0741. The van der Waals surface area contributed by atoms with Crippen molar-refractivity contribution in [2.75, 3.05) is 9.80 Å². The number of para-hydroxylation sites is 2. The van der Waals surface area contributed by atoms with Gasteiger partial charge in [-0.15, -0.1) is 0 Å². The lowest BCUT2D eigenvalue weighted by Gasteiger charge is -2.26. The van der Waals surface area contributed by atoms with Gasteiger partial charge in [0.05, 0.1) is 0 Å². The Morgan fingerprint density at radius 1 is 0.268 bits per heavy atom. The second-order valence-corrected chi connectivity index (χ2v) is 14.4. The smallest absolute Gasteiger partial charge is 0.0462 e. The summed E-state index contributed by atoms with van der Waals surface area (Å²) in [6, 6.07) is 67.9. The summed E-state index contributed by atoms with van der Waals surface area (Å²) in [5.74, 6) is 0. The van der Waals surface area contributed by atoms with Crippen LogP contribution in [0.15, 0.2) is 218 Å². The zero-order valence-corrected chi connectivity index (χ0v) is 31.5. The fourth-order valence-corrected chi connectivity index (χ4v) is 7.92. The molecule has 0 aliphatic heterocycles. The molecule has 9 rings (SSSR count). The Morgan fingerprint density at radius 3 is 0.946 bits per heavy atom. The predicted molar refractivity (Wildman–Crippen MR) is 239 cm³/mol. The zero-order valence-electron chi connectivity index (χ0n) is 31.5. The van der Waals surface area contributed by atoms with Crippen LogP contribution in [0.4, 0.5) is 34.1 Å². The van der Waals surface area contributed by atoms with E-state index >= 15 is 0 Å². The van der Waals surface area contributed by atoms with Gasteiger partial charge < -0.3 is 9.80 Å². The maximum absolute atomic E-state index is 2.37. The predicted octanol–water partition coefficient (Wildman–Crippen LogP) is 15.3. The second kappa shape index (κ2) is 16.2. The number of hydrogen-bond donors (Lipinski definition) is 0. The maximum Gasteiger partial charge on any atom is 0.0462 e. The third kappa shape index (κ3) is 7.56. The van der Waals surface area contributed by atoms with Crippen LogP contribution in [-0.2, 0) is 0 Å². The fourth-order valence-electron chi connectivity index (χ4n) is 7.92. The lowest BCUT2D eigenvalue weighted by Crippen LogP contribution is -2.10. The van der Waals surface area contributed by atoms with Crippen molar-refractivity contribution in [2.45, 2.75) is 25.7 Å². The van der Waals surface area contributed by atoms with Gasteiger partial charge in [0.2, 0.25) is 0 Å². The molecule has 56 heavy (non-hydrogen) atoms. The van der Waals surface area contributed by atoms with E-state index in [0.29, 0.717) is 0 Å². The van der Waals surface area contributed by atoms with Crippen LogP contribution in [0.1, 0.15) is 42.4 Å². The van der Waals surface area contributed by atoms with Gasteiger partial charge in [-0.2, -0.15) is 0 Å². The molecule has 2 aliphatic rings. The first-order valence-corrected chi connectivity index (χ1v) is 19.7. The van der Waals surface area contributed by atoms with E-state index in [1.807, 2.05) is 0 Å². The van der Waals surface area contributed by atoms with E-state index in [9.17, 15) is 0 Å². The highest BCUT2D eigenvalue weighted by Gasteiger charge is 2.17. The van der Waals surface area contributed by atoms with Crippen molar-refractivity contribution in [1.82, 2.24) is 0 Å². The molecule has 0 fully saturated rings. The van der Waals surface area contributed by atoms with Crippen LogP contribution < -0.4 is 9.80 Å². The van der Waals surface area contributed by atoms with E-state index in [0.717, 1.165) is 59.8 Å². The lowest BCUT2D eigenvalue weighted by atomic mass is 9.90. The Hall–Kier alpha value is -6.90. The summed E-state index contributed by atoms with van der Waals surface area (Å²) < 4.78 is 0. The van der Waals surface area contributed by atoms with Gasteiger partial charge in [0.25, 0.3) is 0 Å². The molecular weight excluding hydrogens is 677 g/mol. The van der Waals surface area contributed by atoms with E-state index in [2.05, 4.69) is 228 Å². The minimum atomic E-state index is 1.00. The van der Waals surface area contributed by atoms with Gasteiger partial charge in [0, 0.05) is 34.1 Å². The maximum atomic E-state index is 2.37. The third-order valence-corrected chi connectivity index (χ3v) is 10.9. The third-order valence-electron chi connectivity index (χ3n) is 10.9. The van der Waals surface area contributed by atoms with Crippen LogP contribution in [0, 0.1) is 0 Å². The Morgan fingerprint density at radius 2 is 0.589 bits per heavy atom. The summed E-state index contributed by atoms with van der Waals surface area (Å²) in [7, 11) is 0. The highest BCUT2D eigenvalue weighted by atomic mass is 15.1. The molecule has 2 aliphatic carbocycles. The van der Waals surface area contributed by atoms with Gasteiger partial charge in [0.1, 0.15) is 0 Å². The van der Waals surface area contributed by atoms with Gasteiger partial charge in [-0.05, 0) is 143 Å². The molecule has 0 radical (unpaired) electrons.